The van der Waals surface area contributed by atoms with E-state index in [2.05, 4.69) is 6.08 Å². The lowest BCUT2D eigenvalue weighted by atomic mass is 9.83. The molecule has 0 aromatic carbocycles. The van der Waals surface area contributed by atoms with Gasteiger partial charge in [-0.2, -0.15) is 0 Å². The molecular formula is C15H24O3. The van der Waals surface area contributed by atoms with E-state index in [1.54, 1.807) is 0 Å². The first kappa shape index (κ1) is 13.6. The Labute approximate surface area is 110 Å². The maximum atomic E-state index is 11.5. The standard InChI is InChI=1S/C15H24O3/c1-2-17-15(16)11-13-9-6-10-14(18-13)12-7-4-3-5-8-12/h6,9,12-14H,2-5,7-8,10-11H2,1H3/t13-,14+/m0/s1. The quantitative estimate of drug-likeness (QED) is 0.569. The summed E-state index contributed by atoms with van der Waals surface area (Å²) < 4.78 is 11.0. The first-order valence-electron chi connectivity index (χ1n) is 7.27. The van der Waals surface area contributed by atoms with Crippen molar-refractivity contribution in [1.29, 1.82) is 0 Å². The molecular weight excluding hydrogens is 228 g/mol. The summed E-state index contributed by atoms with van der Waals surface area (Å²) in [5.41, 5.74) is 0. The van der Waals surface area contributed by atoms with E-state index >= 15 is 0 Å². The maximum Gasteiger partial charge on any atom is 0.308 e. The number of carbonyl (C=O) groups is 1. The van der Waals surface area contributed by atoms with E-state index < -0.39 is 0 Å². The third-order valence-corrected chi connectivity index (χ3v) is 3.92. The molecule has 3 heteroatoms. The Kier molecular flexibility index (Phi) is 5.24. The maximum absolute atomic E-state index is 11.5. The topological polar surface area (TPSA) is 35.5 Å². The van der Waals surface area contributed by atoms with Crippen molar-refractivity contribution in [1.82, 2.24) is 0 Å². The molecule has 0 N–H and O–H groups in total. The van der Waals surface area contributed by atoms with Gasteiger partial charge in [-0.3, -0.25) is 4.79 Å². The predicted molar refractivity (Wildman–Crippen MR) is 70.2 cm³/mol. The van der Waals surface area contributed by atoms with E-state index in [9.17, 15) is 4.79 Å². The zero-order valence-corrected chi connectivity index (χ0v) is 11.3. The Balaban J connectivity index is 1.82. The van der Waals surface area contributed by atoms with Gasteiger partial charge < -0.3 is 9.47 Å². The molecule has 1 saturated carbocycles. The van der Waals surface area contributed by atoms with Crippen molar-refractivity contribution in [3.8, 4) is 0 Å². The molecule has 2 aliphatic rings. The highest BCUT2D eigenvalue weighted by Gasteiger charge is 2.28. The van der Waals surface area contributed by atoms with Crippen LogP contribution in [0.2, 0.25) is 0 Å². The van der Waals surface area contributed by atoms with Crippen molar-refractivity contribution in [2.45, 2.75) is 64.1 Å². The van der Waals surface area contributed by atoms with Gasteiger partial charge in [0, 0.05) is 0 Å². The molecule has 3 nitrogen and oxygen atoms in total. The van der Waals surface area contributed by atoms with Crippen LogP contribution in [0.3, 0.4) is 0 Å². The first-order chi connectivity index (χ1) is 8.79. The van der Waals surface area contributed by atoms with Crippen LogP contribution >= 0.6 is 0 Å². The van der Waals surface area contributed by atoms with Crippen LogP contribution in [-0.4, -0.2) is 24.8 Å². The van der Waals surface area contributed by atoms with Crippen molar-refractivity contribution in [2.75, 3.05) is 6.61 Å². The first-order valence-corrected chi connectivity index (χ1v) is 7.27. The highest BCUT2D eigenvalue weighted by Crippen LogP contribution is 2.32. The van der Waals surface area contributed by atoms with Crippen LogP contribution in [-0.2, 0) is 14.3 Å². The van der Waals surface area contributed by atoms with Gasteiger partial charge in [-0.05, 0) is 32.1 Å². The minimum Gasteiger partial charge on any atom is -0.466 e. The number of esters is 1. The second-order valence-corrected chi connectivity index (χ2v) is 5.28. The largest absolute Gasteiger partial charge is 0.466 e. The Bertz CT molecular complexity index is 292. The predicted octanol–water partition coefficient (Wildman–Crippen LogP) is 3.23. The molecule has 1 heterocycles. The van der Waals surface area contributed by atoms with Gasteiger partial charge in [0.15, 0.2) is 0 Å². The molecule has 1 aliphatic carbocycles. The van der Waals surface area contributed by atoms with Crippen molar-refractivity contribution in [2.24, 2.45) is 5.92 Å². The summed E-state index contributed by atoms with van der Waals surface area (Å²) >= 11 is 0. The van der Waals surface area contributed by atoms with Crippen LogP contribution in [0, 0.1) is 5.92 Å². The van der Waals surface area contributed by atoms with Crippen LogP contribution in [0.4, 0.5) is 0 Å². The van der Waals surface area contributed by atoms with Gasteiger partial charge in [-0.25, -0.2) is 0 Å². The van der Waals surface area contributed by atoms with Crippen molar-refractivity contribution in [3.05, 3.63) is 12.2 Å². The smallest absolute Gasteiger partial charge is 0.308 e. The van der Waals surface area contributed by atoms with Crippen molar-refractivity contribution < 1.29 is 14.3 Å². The van der Waals surface area contributed by atoms with Gasteiger partial charge >= 0.3 is 5.97 Å². The highest BCUT2D eigenvalue weighted by molar-refractivity contribution is 5.70. The van der Waals surface area contributed by atoms with Crippen LogP contribution in [0.15, 0.2) is 12.2 Å². The zero-order chi connectivity index (χ0) is 12.8. The summed E-state index contributed by atoms with van der Waals surface area (Å²) in [5.74, 6) is 0.532. The number of hydrogen-bond acceptors (Lipinski definition) is 3. The number of rotatable bonds is 4. The lowest BCUT2D eigenvalue weighted by Crippen LogP contribution is -2.33. The van der Waals surface area contributed by atoms with Gasteiger partial charge in [0.05, 0.1) is 25.2 Å². The molecule has 0 radical (unpaired) electrons. The Morgan fingerprint density at radius 3 is 2.83 bits per heavy atom. The van der Waals surface area contributed by atoms with Gasteiger partial charge in [-0.15, -0.1) is 0 Å². The van der Waals surface area contributed by atoms with E-state index in [1.807, 2.05) is 13.0 Å². The highest BCUT2D eigenvalue weighted by atomic mass is 16.5. The number of ether oxygens (including phenoxy) is 2. The monoisotopic (exact) mass is 252 g/mol. The van der Waals surface area contributed by atoms with Gasteiger partial charge in [0.25, 0.3) is 0 Å². The zero-order valence-electron chi connectivity index (χ0n) is 11.3. The SMILES string of the molecule is CCOC(=O)C[C@@H]1C=CC[C@H](C2CCCCC2)O1. The summed E-state index contributed by atoms with van der Waals surface area (Å²) in [5, 5.41) is 0. The Hall–Kier alpha value is -0.830. The Morgan fingerprint density at radius 2 is 2.11 bits per heavy atom. The minimum atomic E-state index is -0.156. The van der Waals surface area contributed by atoms with Gasteiger partial charge in [0.2, 0.25) is 0 Å². The van der Waals surface area contributed by atoms with Crippen molar-refractivity contribution >= 4 is 5.97 Å². The summed E-state index contributed by atoms with van der Waals surface area (Å²) in [6.07, 6.45) is 12.4. The fraction of sp³-hybridized carbons (Fsp3) is 0.800. The molecule has 0 spiro atoms. The van der Waals surface area contributed by atoms with Crippen LogP contribution in [0.1, 0.15) is 51.9 Å². The molecule has 2 atom stereocenters. The second kappa shape index (κ2) is 6.93. The summed E-state index contributed by atoms with van der Waals surface area (Å²) in [6.45, 7) is 2.28. The van der Waals surface area contributed by atoms with Crippen LogP contribution < -0.4 is 0 Å². The molecule has 102 valence electrons. The van der Waals surface area contributed by atoms with E-state index in [-0.39, 0.29) is 12.1 Å². The average Bonchev–Trinajstić information content (AvgIpc) is 2.40. The van der Waals surface area contributed by atoms with E-state index in [0.717, 1.165) is 6.42 Å². The minimum absolute atomic E-state index is 0.0790. The summed E-state index contributed by atoms with van der Waals surface area (Å²) in [4.78, 5) is 11.5. The molecule has 18 heavy (non-hydrogen) atoms. The molecule has 0 aromatic rings. The normalized spacial score (nSPS) is 29.2. The van der Waals surface area contributed by atoms with Crippen molar-refractivity contribution in [3.63, 3.8) is 0 Å². The molecule has 1 fully saturated rings. The summed E-state index contributed by atoms with van der Waals surface area (Å²) in [7, 11) is 0. The molecule has 0 bridgehead atoms. The fourth-order valence-corrected chi connectivity index (χ4v) is 3.00. The lowest BCUT2D eigenvalue weighted by Gasteiger charge is -2.34. The van der Waals surface area contributed by atoms with Crippen LogP contribution in [0.5, 0.6) is 0 Å². The van der Waals surface area contributed by atoms with E-state index in [0.29, 0.717) is 25.0 Å². The fourth-order valence-electron chi connectivity index (χ4n) is 3.00. The molecule has 1 aliphatic heterocycles. The molecule has 2 rings (SSSR count). The number of hydrogen-bond donors (Lipinski definition) is 0. The third-order valence-electron chi connectivity index (χ3n) is 3.92. The van der Waals surface area contributed by atoms with Gasteiger partial charge in [0.1, 0.15) is 0 Å². The summed E-state index contributed by atoms with van der Waals surface area (Å²) in [6, 6.07) is 0. The third kappa shape index (κ3) is 3.84. The molecule has 0 unspecified atom stereocenters. The molecule has 0 aromatic heterocycles. The average molecular weight is 252 g/mol. The lowest BCUT2D eigenvalue weighted by molar-refractivity contribution is -0.147. The second-order valence-electron chi connectivity index (χ2n) is 5.28. The number of carbonyl (C=O) groups excluding carboxylic acids is 1. The van der Waals surface area contributed by atoms with Crippen LogP contribution in [0.25, 0.3) is 0 Å². The molecule has 0 amide bonds. The van der Waals surface area contributed by atoms with Gasteiger partial charge in [-0.1, -0.05) is 31.4 Å². The Morgan fingerprint density at radius 1 is 1.33 bits per heavy atom. The van der Waals surface area contributed by atoms with E-state index in [1.165, 1.54) is 32.1 Å². The van der Waals surface area contributed by atoms with E-state index in [4.69, 9.17) is 9.47 Å². The molecule has 0 saturated heterocycles.